The van der Waals surface area contributed by atoms with Crippen molar-refractivity contribution in [3.05, 3.63) is 5.56 Å². The van der Waals surface area contributed by atoms with Gasteiger partial charge < -0.3 is 16.8 Å². The van der Waals surface area contributed by atoms with Crippen LogP contribution in [0.1, 0.15) is 43.0 Å². The molecule has 1 aliphatic rings. The summed E-state index contributed by atoms with van der Waals surface area (Å²) in [4.78, 5) is 11.2. The molecular weight excluding hydrogens is 236 g/mol. The summed E-state index contributed by atoms with van der Waals surface area (Å²) in [6.07, 6.45) is 4.93. The van der Waals surface area contributed by atoms with Crippen molar-refractivity contribution in [3.8, 4) is 0 Å². The van der Waals surface area contributed by atoms with Crippen molar-refractivity contribution < 1.29 is 4.79 Å². The Bertz CT molecular complexity index is 425. The summed E-state index contributed by atoms with van der Waals surface area (Å²) in [6.45, 7) is 3.07. The Labute approximate surface area is 105 Å². The van der Waals surface area contributed by atoms with Gasteiger partial charge in [-0.25, -0.2) is 0 Å². The number of nitrogens with one attached hydrogen (secondary N) is 1. The molecule has 0 aliphatic heterocycles. The zero-order chi connectivity index (χ0) is 12.5. The number of aromatic nitrogens is 1. The van der Waals surface area contributed by atoms with Crippen LogP contribution in [0.2, 0.25) is 0 Å². The van der Waals surface area contributed by atoms with Crippen LogP contribution in [0.4, 0.5) is 10.8 Å². The molecule has 94 valence electrons. The molecule has 0 bridgehead atoms. The molecule has 17 heavy (non-hydrogen) atoms. The van der Waals surface area contributed by atoms with Gasteiger partial charge in [0.15, 0.2) is 5.82 Å². The summed E-state index contributed by atoms with van der Waals surface area (Å²) < 4.78 is 3.96. The quantitative estimate of drug-likeness (QED) is 0.721. The average Bonchev–Trinajstić information content (AvgIpc) is 2.92. The number of rotatable bonds is 6. The predicted molar refractivity (Wildman–Crippen MR) is 70.1 cm³/mol. The van der Waals surface area contributed by atoms with E-state index in [9.17, 15) is 4.79 Å². The molecule has 1 fully saturated rings. The highest BCUT2D eigenvalue weighted by atomic mass is 32.1. The fraction of sp³-hybridized carbons (Fsp3) is 0.636. The van der Waals surface area contributed by atoms with Crippen LogP contribution in [0.15, 0.2) is 0 Å². The molecule has 0 atom stereocenters. The first-order chi connectivity index (χ1) is 8.08. The maximum atomic E-state index is 11.2. The molecule has 0 unspecified atom stereocenters. The van der Waals surface area contributed by atoms with Gasteiger partial charge in [-0.1, -0.05) is 13.3 Å². The SMILES string of the molecule is CCCC1(CNc2snc(N)c2C(N)=O)CC1. The number of nitrogen functional groups attached to an aromatic ring is 1. The van der Waals surface area contributed by atoms with Crippen LogP contribution in [0.3, 0.4) is 0 Å². The van der Waals surface area contributed by atoms with E-state index in [1.807, 2.05) is 0 Å². The largest absolute Gasteiger partial charge is 0.382 e. The molecule has 1 saturated carbocycles. The molecule has 1 heterocycles. The Balaban J connectivity index is 2.02. The van der Waals surface area contributed by atoms with Gasteiger partial charge >= 0.3 is 0 Å². The van der Waals surface area contributed by atoms with Crippen molar-refractivity contribution in [1.82, 2.24) is 4.37 Å². The van der Waals surface area contributed by atoms with Crippen molar-refractivity contribution in [2.24, 2.45) is 11.1 Å². The normalized spacial score (nSPS) is 16.8. The van der Waals surface area contributed by atoms with E-state index in [-0.39, 0.29) is 5.82 Å². The standard InChI is InChI=1S/C11H18N4OS/c1-2-3-11(4-5-11)6-14-10-7(9(13)16)8(12)15-17-10/h14H,2-6H2,1H3,(H2,12,15)(H2,13,16). The summed E-state index contributed by atoms with van der Waals surface area (Å²) in [5.74, 6) is -0.288. The minimum atomic E-state index is -0.515. The smallest absolute Gasteiger partial charge is 0.255 e. The number of nitrogens with zero attached hydrogens (tertiary/aromatic N) is 1. The molecule has 1 amide bonds. The van der Waals surface area contributed by atoms with Crippen molar-refractivity contribution >= 4 is 28.3 Å². The third-order valence-corrected chi connectivity index (χ3v) is 4.15. The average molecular weight is 254 g/mol. The van der Waals surface area contributed by atoms with Gasteiger partial charge in [0.05, 0.1) is 0 Å². The molecule has 5 nitrogen and oxygen atoms in total. The Kier molecular flexibility index (Phi) is 3.24. The molecule has 0 saturated heterocycles. The van der Waals surface area contributed by atoms with Crippen LogP contribution in [0.5, 0.6) is 0 Å². The monoisotopic (exact) mass is 254 g/mol. The van der Waals surface area contributed by atoms with Crippen molar-refractivity contribution in [1.29, 1.82) is 0 Å². The van der Waals surface area contributed by atoms with Gasteiger partial charge in [-0.2, -0.15) is 4.37 Å². The second-order valence-electron chi connectivity index (χ2n) is 4.74. The van der Waals surface area contributed by atoms with Gasteiger partial charge in [-0.3, -0.25) is 4.79 Å². The van der Waals surface area contributed by atoms with Gasteiger partial charge in [-0.15, -0.1) is 0 Å². The molecule has 0 radical (unpaired) electrons. The molecule has 5 N–H and O–H groups in total. The fourth-order valence-electron chi connectivity index (χ4n) is 2.15. The molecule has 6 heteroatoms. The summed E-state index contributed by atoms with van der Waals surface area (Å²) in [7, 11) is 0. The summed E-state index contributed by atoms with van der Waals surface area (Å²) in [6, 6.07) is 0. The van der Waals surface area contributed by atoms with Crippen molar-refractivity contribution in [2.75, 3.05) is 17.6 Å². The first-order valence-corrected chi connectivity index (χ1v) is 6.64. The van der Waals surface area contributed by atoms with E-state index in [1.165, 1.54) is 37.2 Å². The Morgan fingerprint density at radius 2 is 2.29 bits per heavy atom. The molecule has 2 rings (SSSR count). The van der Waals surface area contributed by atoms with Gasteiger partial charge in [0.2, 0.25) is 0 Å². The highest BCUT2D eigenvalue weighted by molar-refractivity contribution is 7.11. The van der Waals surface area contributed by atoms with Crippen molar-refractivity contribution in [2.45, 2.75) is 32.6 Å². The van der Waals surface area contributed by atoms with Gasteiger partial charge in [0.1, 0.15) is 10.6 Å². The molecule has 0 aromatic carbocycles. The summed E-state index contributed by atoms with van der Waals surface area (Å²) >= 11 is 1.20. The van der Waals surface area contributed by atoms with E-state index in [0.717, 1.165) is 6.54 Å². The van der Waals surface area contributed by atoms with Crippen LogP contribution >= 0.6 is 11.5 Å². The highest BCUT2D eigenvalue weighted by Gasteiger charge is 2.41. The Morgan fingerprint density at radius 1 is 1.59 bits per heavy atom. The van der Waals surface area contributed by atoms with Crippen molar-refractivity contribution in [3.63, 3.8) is 0 Å². The lowest BCUT2D eigenvalue weighted by molar-refractivity contribution is 0.100. The Morgan fingerprint density at radius 3 is 2.82 bits per heavy atom. The number of carbonyl (C=O) groups is 1. The maximum absolute atomic E-state index is 11.2. The summed E-state index contributed by atoms with van der Waals surface area (Å²) in [5.41, 5.74) is 11.7. The number of hydrogen-bond donors (Lipinski definition) is 3. The van der Waals surface area contributed by atoms with Crippen LogP contribution < -0.4 is 16.8 Å². The fourth-order valence-corrected chi connectivity index (χ4v) is 2.87. The molecule has 1 aromatic rings. The minimum absolute atomic E-state index is 0.227. The third kappa shape index (κ3) is 2.52. The molecular formula is C11H18N4OS. The number of hydrogen-bond acceptors (Lipinski definition) is 5. The zero-order valence-corrected chi connectivity index (χ0v) is 10.8. The van der Waals surface area contributed by atoms with E-state index >= 15 is 0 Å². The van der Waals surface area contributed by atoms with Crippen LogP contribution in [-0.2, 0) is 0 Å². The topological polar surface area (TPSA) is 94.0 Å². The third-order valence-electron chi connectivity index (χ3n) is 3.33. The van der Waals surface area contributed by atoms with E-state index in [4.69, 9.17) is 11.5 Å². The van der Waals surface area contributed by atoms with Gasteiger partial charge in [0, 0.05) is 6.54 Å². The van der Waals surface area contributed by atoms with E-state index in [0.29, 0.717) is 16.0 Å². The molecule has 1 aliphatic carbocycles. The van der Waals surface area contributed by atoms with Crippen LogP contribution in [0, 0.1) is 5.41 Å². The lowest BCUT2D eigenvalue weighted by Crippen LogP contribution is -2.18. The summed E-state index contributed by atoms with van der Waals surface area (Å²) in [5, 5.41) is 3.98. The second kappa shape index (κ2) is 4.52. The van der Waals surface area contributed by atoms with Crippen LogP contribution in [0.25, 0.3) is 0 Å². The first kappa shape index (κ1) is 12.2. The predicted octanol–water partition coefficient (Wildman–Crippen LogP) is 1.82. The minimum Gasteiger partial charge on any atom is -0.382 e. The first-order valence-electron chi connectivity index (χ1n) is 5.87. The van der Waals surface area contributed by atoms with Gasteiger partial charge in [0.25, 0.3) is 5.91 Å². The molecule has 1 aromatic heterocycles. The van der Waals surface area contributed by atoms with E-state index < -0.39 is 5.91 Å². The number of amides is 1. The maximum Gasteiger partial charge on any atom is 0.255 e. The lowest BCUT2D eigenvalue weighted by atomic mass is 10.0. The van der Waals surface area contributed by atoms with Crippen LogP contribution in [-0.4, -0.2) is 16.8 Å². The van der Waals surface area contributed by atoms with E-state index in [2.05, 4.69) is 16.6 Å². The van der Waals surface area contributed by atoms with E-state index in [1.54, 1.807) is 0 Å². The lowest BCUT2D eigenvalue weighted by Gasteiger charge is -2.15. The highest BCUT2D eigenvalue weighted by Crippen LogP contribution is 2.49. The number of nitrogens with two attached hydrogens (primary N) is 2. The Hall–Kier alpha value is -1.30. The second-order valence-corrected chi connectivity index (χ2v) is 5.51. The number of primary amides is 1. The molecule has 0 spiro atoms. The zero-order valence-electron chi connectivity index (χ0n) is 9.95. The number of carbonyl (C=O) groups excluding carboxylic acids is 1. The van der Waals surface area contributed by atoms with Gasteiger partial charge in [-0.05, 0) is 36.2 Å². The number of anilines is 2.